The number of aliphatic hydroxyl groups is 1. The number of hydrogen-bond donors (Lipinski definition) is 2. The first-order valence-corrected chi connectivity index (χ1v) is 15.0. The average Bonchev–Trinajstić information content (AvgIpc) is 3.00. The van der Waals surface area contributed by atoms with Crippen LogP contribution in [0.4, 0.5) is 15.8 Å². The Kier molecular flexibility index (Phi) is 9.68. The van der Waals surface area contributed by atoms with Crippen molar-refractivity contribution in [3.63, 3.8) is 0 Å². The van der Waals surface area contributed by atoms with E-state index in [0.29, 0.717) is 46.4 Å². The molecule has 4 aromatic rings. The topological polar surface area (TPSA) is 76.1 Å². The van der Waals surface area contributed by atoms with E-state index >= 15 is 4.39 Å². The SMILES string of the molecule is COc1cc2c(Oc3ccc(Nc4ccc(C(C)(C)C)cc4)cc3F)ccnc2cc1OCCCN1CCC(CO)CC1. The van der Waals surface area contributed by atoms with Gasteiger partial charge in [0.2, 0.25) is 0 Å². The van der Waals surface area contributed by atoms with Crippen molar-refractivity contribution in [3.05, 3.63) is 78.2 Å². The third kappa shape index (κ3) is 7.75. The fourth-order valence-electron chi connectivity index (χ4n) is 5.35. The first-order valence-electron chi connectivity index (χ1n) is 15.0. The van der Waals surface area contributed by atoms with E-state index in [-0.39, 0.29) is 17.8 Å². The molecule has 3 aromatic carbocycles. The zero-order chi connectivity index (χ0) is 30.4. The Morgan fingerprint density at radius 3 is 2.35 bits per heavy atom. The molecule has 2 heterocycles. The zero-order valence-corrected chi connectivity index (χ0v) is 25.5. The lowest BCUT2D eigenvalue weighted by molar-refractivity contribution is 0.126. The highest BCUT2D eigenvalue weighted by molar-refractivity contribution is 5.88. The van der Waals surface area contributed by atoms with Crippen LogP contribution in [0.3, 0.4) is 0 Å². The monoisotopic (exact) mass is 587 g/mol. The van der Waals surface area contributed by atoms with Gasteiger partial charge in [0.25, 0.3) is 0 Å². The molecule has 228 valence electrons. The highest BCUT2D eigenvalue weighted by Gasteiger charge is 2.19. The van der Waals surface area contributed by atoms with E-state index in [1.807, 2.05) is 24.3 Å². The Morgan fingerprint density at radius 1 is 0.930 bits per heavy atom. The Labute approximate surface area is 253 Å². The molecule has 8 heteroatoms. The van der Waals surface area contributed by atoms with E-state index in [0.717, 1.165) is 44.6 Å². The van der Waals surface area contributed by atoms with Crippen molar-refractivity contribution in [1.82, 2.24) is 9.88 Å². The predicted molar refractivity (Wildman–Crippen MR) is 170 cm³/mol. The van der Waals surface area contributed by atoms with E-state index in [9.17, 15) is 5.11 Å². The minimum atomic E-state index is -0.478. The number of nitrogens with one attached hydrogen (secondary N) is 1. The number of hydrogen-bond acceptors (Lipinski definition) is 7. The summed E-state index contributed by atoms with van der Waals surface area (Å²) in [7, 11) is 1.60. The Hall–Kier alpha value is -3.88. The number of aliphatic hydroxyl groups excluding tert-OH is 1. The fourth-order valence-corrected chi connectivity index (χ4v) is 5.35. The van der Waals surface area contributed by atoms with Crippen molar-refractivity contribution >= 4 is 22.3 Å². The van der Waals surface area contributed by atoms with Crippen LogP contribution in [0.15, 0.2) is 66.9 Å². The summed E-state index contributed by atoms with van der Waals surface area (Å²) in [6.45, 7) is 10.3. The number of rotatable bonds is 11. The third-order valence-corrected chi connectivity index (χ3v) is 8.02. The van der Waals surface area contributed by atoms with Gasteiger partial charge in [-0.2, -0.15) is 0 Å². The van der Waals surface area contributed by atoms with E-state index in [4.69, 9.17) is 14.2 Å². The molecule has 0 aliphatic carbocycles. The Balaban J connectivity index is 1.23. The normalized spacial score (nSPS) is 14.6. The van der Waals surface area contributed by atoms with Gasteiger partial charge in [0.05, 0.1) is 19.2 Å². The van der Waals surface area contributed by atoms with Crippen LogP contribution < -0.4 is 19.5 Å². The molecule has 0 bridgehead atoms. The van der Waals surface area contributed by atoms with Gasteiger partial charge in [-0.15, -0.1) is 0 Å². The molecule has 0 radical (unpaired) electrons. The van der Waals surface area contributed by atoms with Gasteiger partial charge in [0, 0.05) is 48.2 Å². The van der Waals surface area contributed by atoms with E-state index < -0.39 is 5.82 Å². The largest absolute Gasteiger partial charge is 0.493 e. The van der Waals surface area contributed by atoms with Gasteiger partial charge in [0.15, 0.2) is 23.1 Å². The van der Waals surface area contributed by atoms with Crippen molar-refractivity contribution in [2.45, 2.75) is 45.4 Å². The number of fused-ring (bicyclic) bond motifs is 1. The third-order valence-electron chi connectivity index (χ3n) is 8.02. The lowest BCUT2D eigenvalue weighted by Crippen LogP contribution is -2.35. The number of ether oxygens (including phenoxy) is 3. The quantitative estimate of drug-likeness (QED) is 0.174. The second-order valence-electron chi connectivity index (χ2n) is 12.2. The minimum Gasteiger partial charge on any atom is -0.493 e. The van der Waals surface area contributed by atoms with E-state index in [2.05, 4.69) is 48.1 Å². The Morgan fingerprint density at radius 2 is 1.67 bits per heavy atom. The maximum absolute atomic E-state index is 15.2. The van der Waals surface area contributed by atoms with Gasteiger partial charge in [0.1, 0.15) is 5.75 Å². The van der Waals surface area contributed by atoms with Gasteiger partial charge in [-0.1, -0.05) is 32.9 Å². The fraction of sp³-hybridized carbons (Fsp3) is 0.400. The lowest BCUT2D eigenvalue weighted by Gasteiger charge is -2.30. The zero-order valence-electron chi connectivity index (χ0n) is 25.5. The first kappa shape index (κ1) is 30.6. The summed E-state index contributed by atoms with van der Waals surface area (Å²) in [4.78, 5) is 6.91. The summed E-state index contributed by atoms with van der Waals surface area (Å²) >= 11 is 0. The maximum Gasteiger partial charge on any atom is 0.167 e. The van der Waals surface area contributed by atoms with Crippen molar-refractivity contribution in [3.8, 4) is 23.0 Å². The van der Waals surface area contributed by atoms with Crippen LogP contribution in [0.1, 0.15) is 45.6 Å². The number of nitrogens with zero attached hydrogens (tertiary/aromatic N) is 2. The number of halogens is 1. The number of pyridine rings is 1. The molecule has 43 heavy (non-hydrogen) atoms. The maximum atomic E-state index is 15.2. The van der Waals surface area contributed by atoms with Gasteiger partial charge in [-0.05, 0) is 85.6 Å². The van der Waals surface area contributed by atoms with E-state index in [1.54, 1.807) is 31.5 Å². The number of piperidine rings is 1. The Bertz CT molecular complexity index is 1510. The van der Waals surface area contributed by atoms with Crippen molar-refractivity contribution < 1.29 is 23.7 Å². The summed E-state index contributed by atoms with van der Waals surface area (Å²) in [5, 5.41) is 13.3. The number of anilines is 2. The number of aromatic nitrogens is 1. The van der Waals surface area contributed by atoms with Crippen LogP contribution in [-0.2, 0) is 5.41 Å². The molecule has 0 atom stereocenters. The molecule has 0 spiro atoms. The standard InChI is InChI=1S/C35H42FN3O4/c1-35(2,3)25-6-8-26(9-7-25)38-27-10-11-32(29(36)20-27)43-31-12-15-37-30-22-34(33(41-4)21-28(30)31)42-19-5-16-39-17-13-24(23-40)14-18-39/h6-12,15,20-22,24,38,40H,5,13-14,16-19,23H2,1-4H3. The lowest BCUT2D eigenvalue weighted by atomic mass is 9.87. The summed E-state index contributed by atoms with van der Waals surface area (Å²) in [6.07, 6.45) is 4.61. The van der Waals surface area contributed by atoms with E-state index in [1.165, 1.54) is 11.6 Å². The summed E-state index contributed by atoms with van der Waals surface area (Å²) < 4.78 is 32.9. The van der Waals surface area contributed by atoms with Crippen LogP contribution in [-0.4, -0.2) is 54.9 Å². The average molecular weight is 588 g/mol. The van der Waals surface area contributed by atoms with Crippen molar-refractivity contribution in [1.29, 1.82) is 0 Å². The van der Waals surface area contributed by atoms with Crippen LogP contribution in [0.2, 0.25) is 0 Å². The molecule has 1 aliphatic rings. The molecular weight excluding hydrogens is 545 g/mol. The molecule has 0 unspecified atom stereocenters. The molecule has 0 saturated carbocycles. The molecule has 5 rings (SSSR count). The van der Waals surface area contributed by atoms with Crippen LogP contribution in [0.5, 0.6) is 23.0 Å². The molecule has 1 aromatic heterocycles. The summed E-state index contributed by atoms with van der Waals surface area (Å²) in [5.74, 6) is 1.71. The van der Waals surface area contributed by atoms with Gasteiger partial charge >= 0.3 is 0 Å². The highest BCUT2D eigenvalue weighted by atomic mass is 19.1. The predicted octanol–water partition coefficient (Wildman–Crippen LogP) is 7.69. The smallest absolute Gasteiger partial charge is 0.167 e. The molecular formula is C35H42FN3O4. The second-order valence-corrected chi connectivity index (χ2v) is 12.2. The molecule has 1 fully saturated rings. The number of likely N-dealkylation sites (tertiary alicyclic amines) is 1. The van der Waals surface area contributed by atoms with Crippen LogP contribution in [0, 0.1) is 11.7 Å². The van der Waals surface area contributed by atoms with Crippen molar-refractivity contribution in [2.24, 2.45) is 5.92 Å². The van der Waals surface area contributed by atoms with Crippen LogP contribution >= 0.6 is 0 Å². The van der Waals surface area contributed by atoms with Gasteiger partial charge in [-0.25, -0.2) is 4.39 Å². The number of benzene rings is 3. The molecule has 7 nitrogen and oxygen atoms in total. The van der Waals surface area contributed by atoms with Crippen LogP contribution in [0.25, 0.3) is 10.9 Å². The van der Waals surface area contributed by atoms with Gasteiger partial charge in [-0.3, -0.25) is 4.98 Å². The highest BCUT2D eigenvalue weighted by Crippen LogP contribution is 2.38. The number of methoxy groups -OCH3 is 1. The summed E-state index contributed by atoms with van der Waals surface area (Å²) in [5.41, 5.74) is 3.48. The molecule has 1 saturated heterocycles. The summed E-state index contributed by atoms with van der Waals surface area (Å²) in [6, 6.07) is 18.4. The second kappa shape index (κ2) is 13.6. The molecule has 1 aliphatic heterocycles. The first-order chi connectivity index (χ1) is 20.7. The molecule has 0 amide bonds. The molecule has 2 N–H and O–H groups in total. The minimum absolute atomic E-state index is 0.0682. The van der Waals surface area contributed by atoms with Crippen molar-refractivity contribution in [2.75, 3.05) is 45.3 Å². The van der Waals surface area contributed by atoms with Gasteiger partial charge < -0.3 is 29.5 Å².